The molecular weight excluding hydrogens is 444 g/mol. The van der Waals surface area contributed by atoms with Crippen LogP contribution < -0.4 is 16.4 Å². The van der Waals surface area contributed by atoms with Gasteiger partial charge in [0.25, 0.3) is 17.4 Å². The van der Waals surface area contributed by atoms with Crippen molar-refractivity contribution < 1.29 is 19.1 Å². The summed E-state index contributed by atoms with van der Waals surface area (Å²) in [5, 5.41) is 4.56. The summed E-state index contributed by atoms with van der Waals surface area (Å²) in [6, 6.07) is 13.0. The highest BCUT2D eigenvalue weighted by atomic mass is 79.9. The zero-order chi connectivity index (χ0) is 21.0. The van der Waals surface area contributed by atoms with Crippen molar-refractivity contribution in [3.8, 4) is 0 Å². The molecule has 0 unspecified atom stereocenters. The third-order valence-electron chi connectivity index (χ3n) is 3.91. The molecule has 0 bridgehead atoms. The van der Waals surface area contributed by atoms with Crippen molar-refractivity contribution in [1.82, 2.24) is 20.6 Å². The van der Waals surface area contributed by atoms with E-state index in [0.717, 1.165) is 9.15 Å². The second-order valence-electron chi connectivity index (χ2n) is 5.91. The number of carbonyl (C=O) groups excluding carboxylic acids is 3. The SMILES string of the molecule is Cn1nc(C(=O)OCC(=O)NNC(=O)c2ccc(Br)cc2)c2ccccc2c1=O. The van der Waals surface area contributed by atoms with E-state index in [4.69, 9.17) is 4.74 Å². The molecule has 0 radical (unpaired) electrons. The van der Waals surface area contributed by atoms with Gasteiger partial charge in [-0.15, -0.1) is 0 Å². The van der Waals surface area contributed by atoms with Crippen molar-refractivity contribution in [3.63, 3.8) is 0 Å². The highest BCUT2D eigenvalue weighted by Crippen LogP contribution is 2.14. The van der Waals surface area contributed by atoms with Gasteiger partial charge in [-0.1, -0.05) is 34.1 Å². The molecule has 3 aromatic rings. The van der Waals surface area contributed by atoms with Gasteiger partial charge in [0.15, 0.2) is 12.3 Å². The number of nitrogens with one attached hydrogen (secondary N) is 2. The first-order valence-corrected chi connectivity index (χ1v) is 9.14. The maximum absolute atomic E-state index is 12.3. The minimum atomic E-state index is -0.869. The number of esters is 1. The lowest BCUT2D eigenvalue weighted by Gasteiger charge is -2.09. The molecule has 0 saturated carbocycles. The van der Waals surface area contributed by atoms with E-state index in [2.05, 4.69) is 31.9 Å². The molecule has 9 nitrogen and oxygen atoms in total. The minimum Gasteiger partial charge on any atom is -0.451 e. The molecule has 0 saturated heterocycles. The van der Waals surface area contributed by atoms with Crippen LogP contribution in [0.2, 0.25) is 0 Å². The molecule has 10 heteroatoms. The summed E-state index contributed by atoms with van der Waals surface area (Å²) in [6.07, 6.45) is 0. The summed E-state index contributed by atoms with van der Waals surface area (Å²) in [6.45, 7) is -0.641. The maximum Gasteiger partial charge on any atom is 0.359 e. The number of carbonyl (C=O) groups is 3. The van der Waals surface area contributed by atoms with Crippen LogP contribution in [0.3, 0.4) is 0 Å². The number of fused-ring (bicyclic) bond motifs is 1. The molecule has 1 aromatic heterocycles. The quantitative estimate of drug-likeness (QED) is 0.449. The fourth-order valence-corrected chi connectivity index (χ4v) is 2.75. The molecule has 0 aliphatic rings. The smallest absolute Gasteiger partial charge is 0.359 e. The molecule has 0 atom stereocenters. The van der Waals surface area contributed by atoms with E-state index >= 15 is 0 Å². The lowest BCUT2D eigenvalue weighted by molar-refractivity contribution is -0.125. The lowest BCUT2D eigenvalue weighted by Crippen LogP contribution is -2.43. The van der Waals surface area contributed by atoms with Gasteiger partial charge in [0.1, 0.15) is 0 Å². The first kappa shape index (κ1) is 20.2. The van der Waals surface area contributed by atoms with E-state index in [1.54, 1.807) is 48.5 Å². The second kappa shape index (κ2) is 8.65. The Morgan fingerprint density at radius 2 is 1.69 bits per heavy atom. The highest BCUT2D eigenvalue weighted by molar-refractivity contribution is 9.10. The zero-order valence-electron chi connectivity index (χ0n) is 15.1. The lowest BCUT2D eigenvalue weighted by atomic mass is 10.1. The van der Waals surface area contributed by atoms with Crippen LogP contribution in [0.15, 0.2) is 57.8 Å². The Bertz CT molecular complexity index is 1160. The van der Waals surface area contributed by atoms with E-state index in [0.29, 0.717) is 16.3 Å². The average molecular weight is 459 g/mol. The molecule has 29 heavy (non-hydrogen) atoms. The highest BCUT2D eigenvalue weighted by Gasteiger charge is 2.18. The summed E-state index contributed by atoms with van der Waals surface area (Å²) in [5.41, 5.74) is 4.27. The molecule has 1 heterocycles. The average Bonchev–Trinajstić information content (AvgIpc) is 2.73. The van der Waals surface area contributed by atoms with Crippen LogP contribution >= 0.6 is 15.9 Å². The number of halogens is 1. The number of hydrazine groups is 1. The van der Waals surface area contributed by atoms with Gasteiger partial charge in [-0.25, -0.2) is 9.48 Å². The zero-order valence-corrected chi connectivity index (χ0v) is 16.7. The Kier molecular flexibility index (Phi) is 6.03. The standard InChI is InChI=1S/C19H15BrN4O5/c1-24-18(27)14-5-3-2-4-13(14)16(23-24)19(28)29-10-15(25)21-22-17(26)11-6-8-12(20)9-7-11/h2-9H,10H2,1H3,(H,21,25)(H,22,26). The number of benzene rings is 2. The van der Waals surface area contributed by atoms with Crippen LogP contribution in [0.25, 0.3) is 10.8 Å². The largest absolute Gasteiger partial charge is 0.451 e. The Labute approximate surface area is 172 Å². The van der Waals surface area contributed by atoms with Crippen molar-refractivity contribution in [2.45, 2.75) is 0 Å². The molecule has 3 rings (SSSR count). The topological polar surface area (TPSA) is 119 Å². The fourth-order valence-electron chi connectivity index (χ4n) is 2.49. The molecule has 2 aromatic carbocycles. The minimum absolute atomic E-state index is 0.0885. The van der Waals surface area contributed by atoms with Crippen LogP contribution in [0.4, 0.5) is 0 Å². The second-order valence-corrected chi connectivity index (χ2v) is 6.82. The van der Waals surface area contributed by atoms with Gasteiger partial charge in [-0.2, -0.15) is 5.10 Å². The summed E-state index contributed by atoms with van der Waals surface area (Å²) in [4.78, 5) is 48.3. The number of nitrogens with zero attached hydrogens (tertiary/aromatic N) is 2. The fraction of sp³-hybridized carbons (Fsp3) is 0.105. The van der Waals surface area contributed by atoms with Gasteiger partial charge in [0.05, 0.1) is 5.39 Å². The molecule has 148 valence electrons. The maximum atomic E-state index is 12.3. The third kappa shape index (κ3) is 4.66. The van der Waals surface area contributed by atoms with Gasteiger partial charge >= 0.3 is 5.97 Å². The Hall–Kier alpha value is -3.53. The molecule has 0 aliphatic heterocycles. The normalized spacial score (nSPS) is 10.4. The number of ether oxygens (including phenoxy) is 1. The van der Waals surface area contributed by atoms with E-state index in [1.807, 2.05) is 0 Å². The van der Waals surface area contributed by atoms with Gasteiger partial charge < -0.3 is 4.74 Å². The summed E-state index contributed by atoms with van der Waals surface area (Å²) >= 11 is 3.26. The molecule has 0 aliphatic carbocycles. The van der Waals surface area contributed by atoms with Crippen molar-refractivity contribution in [2.75, 3.05) is 6.61 Å². The van der Waals surface area contributed by atoms with Crippen molar-refractivity contribution in [1.29, 1.82) is 0 Å². The summed E-state index contributed by atoms with van der Waals surface area (Å²) < 4.78 is 6.80. The molecule has 0 fully saturated rings. The van der Waals surface area contributed by atoms with Crippen molar-refractivity contribution >= 4 is 44.5 Å². The number of hydrogen-bond acceptors (Lipinski definition) is 6. The number of amides is 2. The van der Waals surface area contributed by atoms with E-state index in [-0.39, 0.29) is 11.3 Å². The monoisotopic (exact) mass is 458 g/mol. The first-order chi connectivity index (χ1) is 13.9. The van der Waals surface area contributed by atoms with Gasteiger partial charge in [0.2, 0.25) is 0 Å². The third-order valence-corrected chi connectivity index (χ3v) is 4.43. The van der Waals surface area contributed by atoms with Crippen molar-refractivity contribution in [3.05, 3.63) is 74.6 Å². The predicted octanol–water partition coefficient (Wildman–Crippen LogP) is 1.31. The van der Waals surface area contributed by atoms with E-state index in [9.17, 15) is 19.2 Å². The summed E-state index contributed by atoms with van der Waals surface area (Å²) in [7, 11) is 1.41. The van der Waals surface area contributed by atoms with E-state index in [1.165, 1.54) is 7.05 Å². The number of aromatic nitrogens is 2. The Morgan fingerprint density at radius 3 is 2.38 bits per heavy atom. The van der Waals surface area contributed by atoms with Crippen LogP contribution in [-0.4, -0.2) is 34.2 Å². The van der Waals surface area contributed by atoms with Crippen LogP contribution in [0.1, 0.15) is 20.8 Å². The van der Waals surface area contributed by atoms with E-state index < -0.39 is 24.4 Å². The van der Waals surface area contributed by atoms with Crippen LogP contribution in [0, 0.1) is 0 Å². The number of aryl methyl sites for hydroxylation is 1. The van der Waals surface area contributed by atoms with Gasteiger partial charge in [0, 0.05) is 22.5 Å². The molecular formula is C19H15BrN4O5. The van der Waals surface area contributed by atoms with Crippen LogP contribution in [0.5, 0.6) is 0 Å². The molecule has 0 spiro atoms. The predicted molar refractivity (Wildman–Crippen MR) is 107 cm³/mol. The van der Waals surface area contributed by atoms with Gasteiger partial charge in [-0.05, 0) is 30.3 Å². The summed E-state index contributed by atoms with van der Waals surface area (Å²) in [5.74, 6) is -2.13. The molecule has 2 N–H and O–H groups in total. The van der Waals surface area contributed by atoms with Gasteiger partial charge in [-0.3, -0.25) is 25.2 Å². The first-order valence-electron chi connectivity index (χ1n) is 8.34. The Morgan fingerprint density at radius 1 is 1.03 bits per heavy atom. The number of hydrogen-bond donors (Lipinski definition) is 2. The number of rotatable bonds is 4. The molecule has 2 amide bonds. The van der Waals surface area contributed by atoms with Crippen molar-refractivity contribution in [2.24, 2.45) is 7.05 Å². The Balaban J connectivity index is 1.61. The van der Waals surface area contributed by atoms with Crippen LogP contribution in [-0.2, 0) is 16.6 Å².